The van der Waals surface area contributed by atoms with Gasteiger partial charge < -0.3 is 20.2 Å². The molecule has 0 amide bonds. The summed E-state index contributed by atoms with van der Waals surface area (Å²) in [6, 6.07) is 14.0. The Hall–Kier alpha value is -4.09. The zero-order valence-corrected chi connectivity index (χ0v) is 20.2. The van der Waals surface area contributed by atoms with Crippen LogP contribution in [0.2, 0.25) is 0 Å². The standard InChI is InChI=1S/C25H24N6O4S/c1-2-22-30-31-24(35-22)19-14-26-25(29-23(19)28-20(15-32)16-7-4-3-5-8-16)27-18-10-11-21-17(13-18)9-6-12-36(21,33)34/h3-11,13-14,20,32H,2,12,15H2,1H3,(H2,26,27,28,29)/t20-/m1/s1. The third kappa shape index (κ3) is 4.83. The minimum Gasteiger partial charge on any atom is -0.421 e. The van der Waals surface area contributed by atoms with E-state index in [2.05, 4.69) is 30.8 Å². The summed E-state index contributed by atoms with van der Waals surface area (Å²) in [5, 5.41) is 24.6. The lowest BCUT2D eigenvalue weighted by molar-refractivity contribution is 0.276. The van der Waals surface area contributed by atoms with Crippen molar-refractivity contribution in [3.63, 3.8) is 0 Å². The average Bonchev–Trinajstić information content (AvgIpc) is 3.37. The van der Waals surface area contributed by atoms with Crippen LogP contribution in [0.3, 0.4) is 0 Å². The summed E-state index contributed by atoms with van der Waals surface area (Å²) in [5.41, 5.74) is 2.59. The van der Waals surface area contributed by atoms with Gasteiger partial charge in [-0.3, -0.25) is 0 Å². The Bertz CT molecular complexity index is 1520. The van der Waals surface area contributed by atoms with Crippen LogP contribution in [0.1, 0.15) is 30.0 Å². The lowest BCUT2D eigenvalue weighted by atomic mass is 10.1. The predicted molar refractivity (Wildman–Crippen MR) is 135 cm³/mol. The molecule has 1 atom stereocenters. The van der Waals surface area contributed by atoms with Gasteiger partial charge in [0.1, 0.15) is 5.82 Å². The van der Waals surface area contributed by atoms with Gasteiger partial charge in [-0.25, -0.2) is 13.4 Å². The zero-order chi connectivity index (χ0) is 25.1. The second-order valence-corrected chi connectivity index (χ2v) is 10.2. The first-order valence-electron chi connectivity index (χ1n) is 11.4. The van der Waals surface area contributed by atoms with E-state index in [0.29, 0.717) is 39.8 Å². The van der Waals surface area contributed by atoms with Crippen molar-refractivity contribution < 1.29 is 17.9 Å². The summed E-state index contributed by atoms with van der Waals surface area (Å²) >= 11 is 0. The Morgan fingerprint density at radius 1 is 1.14 bits per heavy atom. The number of hydrogen-bond acceptors (Lipinski definition) is 10. The number of nitrogens with one attached hydrogen (secondary N) is 2. The summed E-state index contributed by atoms with van der Waals surface area (Å²) in [7, 11) is -3.32. The van der Waals surface area contributed by atoms with Crippen molar-refractivity contribution in [2.45, 2.75) is 24.3 Å². The number of aryl methyl sites for hydroxylation is 1. The highest BCUT2D eigenvalue weighted by Crippen LogP contribution is 2.31. The van der Waals surface area contributed by atoms with Crippen LogP contribution in [0.25, 0.3) is 17.5 Å². The van der Waals surface area contributed by atoms with Crippen LogP contribution in [-0.4, -0.2) is 46.0 Å². The van der Waals surface area contributed by atoms with Crippen LogP contribution in [0.15, 0.2) is 70.1 Å². The molecule has 0 saturated heterocycles. The molecule has 3 heterocycles. The third-order valence-electron chi connectivity index (χ3n) is 5.70. The lowest BCUT2D eigenvalue weighted by Crippen LogP contribution is -2.17. The minimum atomic E-state index is -3.32. The molecule has 10 nitrogen and oxygen atoms in total. The first-order valence-corrected chi connectivity index (χ1v) is 13.0. The van der Waals surface area contributed by atoms with Crippen molar-refractivity contribution in [3.8, 4) is 11.5 Å². The van der Waals surface area contributed by atoms with E-state index in [9.17, 15) is 13.5 Å². The summed E-state index contributed by atoms with van der Waals surface area (Å²) in [5.74, 6) is 1.40. The normalized spacial score (nSPS) is 14.7. The van der Waals surface area contributed by atoms with Crippen molar-refractivity contribution in [3.05, 3.63) is 77.8 Å². The maximum Gasteiger partial charge on any atom is 0.253 e. The third-order valence-corrected chi connectivity index (χ3v) is 7.37. The Kier molecular flexibility index (Phi) is 6.49. The van der Waals surface area contributed by atoms with E-state index >= 15 is 0 Å². The maximum atomic E-state index is 12.3. The van der Waals surface area contributed by atoms with Gasteiger partial charge in [0.15, 0.2) is 9.84 Å². The topological polar surface area (TPSA) is 143 Å². The van der Waals surface area contributed by atoms with Crippen molar-refractivity contribution in [2.24, 2.45) is 0 Å². The van der Waals surface area contributed by atoms with Gasteiger partial charge in [-0.1, -0.05) is 49.4 Å². The average molecular weight is 505 g/mol. The quantitative estimate of drug-likeness (QED) is 0.324. The van der Waals surface area contributed by atoms with Crippen LogP contribution in [0.4, 0.5) is 17.5 Å². The predicted octanol–water partition coefficient (Wildman–Crippen LogP) is 3.78. The van der Waals surface area contributed by atoms with Crippen molar-refractivity contribution in [1.29, 1.82) is 0 Å². The van der Waals surface area contributed by atoms with E-state index < -0.39 is 15.9 Å². The molecule has 11 heteroatoms. The van der Waals surface area contributed by atoms with Crippen LogP contribution >= 0.6 is 0 Å². The highest BCUT2D eigenvalue weighted by Gasteiger charge is 2.22. The Morgan fingerprint density at radius 3 is 2.72 bits per heavy atom. The van der Waals surface area contributed by atoms with Crippen LogP contribution in [0, 0.1) is 0 Å². The Balaban J connectivity index is 1.50. The van der Waals surface area contributed by atoms with Gasteiger partial charge in [0.05, 0.1) is 28.9 Å². The number of aliphatic hydroxyl groups is 1. The van der Waals surface area contributed by atoms with Crippen molar-refractivity contribution in [2.75, 3.05) is 23.0 Å². The van der Waals surface area contributed by atoms with Gasteiger partial charge in [0, 0.05) is 18.3 Å². The number of fused-ring (bicyclic) bond motifs is 1. The second-order valence-electron chi connectivity index (χ2n) is 8.16. The van der Waals surface area contributed by atoms with Gasteiger partial charge in [0.25, 0.3) is 5.89 Å². The molecule has 1 aliphatic rings. The fourth-order valence-corrected chi connectivity index (χ4v) is 5.15. The molecule has 5 rings (SSSR count). The SMILES string of the molecule is CCc1nnc(-c2cnc(Nc3ccc4c(c3)C=CCS4(=O)=O)nc2N[C@H](CO)c2ccccc2)o1. The van der Waals surface area contributed by atoms with Gasteiger partial charge in [-0.05, 0) is 29.3 Å². The highest BCUT2D eigenvalue weighted by atomic mass is 32.2. The van der Waals surface area contributed by atoms with Gasteiger partial charge in [0.2, 0.25) is 11.8 Å². The van der Waals surface area contributed by atoms with E-state index in [0.717, 1.165) is 5.56 Å². The molecule has 0 unspecified atom stereocenters. The smallest absolute Gasteiger partial charge is 0.253 e. The molecule has 2 aromatic carbocycles. The number of hydrogen-bond donors (Lipinski definition) is 3. The number of nitrogens with zero attached hydrogens (tertiary/aromatic N) is 4. The highest BCUT2D eigenvalue weighted by molar-refractivity contribution is 7.91. The molecular formula is C25H24N6O4S. The lowest BCUT2D eigenvalue weighted by Gasteiger charge is -2.19. The molecule has 0 radical (unpaired) electrons. The van der Waals surface area contributed by atoms with E-state index in [1.807, 2.05) is 37.3 Å². The van der Waals surface area contributed by atoms with E-state index in [4.69, 9.17) is 4.42 Å². The summed E-state index contributed by atoms with van der Waals surface area (Å²) in [6.45, 7) is 1.74. The van der Waals surface area contributed by atoms with Crippen LogP contribution in [-0.2, 0) is 16.3 Å². The molecule has 0 bridgehead atoms. The number of anilines is 3. The molecule has 2 aromatic heterocycles. The number of sulfone groups is 1. The molecule has 4 aromatic rings. The first kappa shape index (κ1) is 23.6. The largest absolute Gasteiger partial charge is 0.421 e. The Labute approximate surface area is 208 Å². The zero-order valence-electron chi connectivity index (χ0n) is 19.4. The molecular weight excluding hydrogens is 480 g/mol. The van der Waals surface area contributed by atoms with Crippen molar-refractivity contribution in [1.82, 2.24) is 20.2 Å². The summed E-state index contributed by atoms with van der Waals surface area (Å²) in [4.78, 5) is 9.33. The second kappa shape index (κ2) is 9.88. The van der Waals surface area contributed by atoms with Gasteiger partial charge >= 0.3 is 0 Å². The number of rotatable bonds is 8. The monoisotopic (exact) mass is 504 g/mol. The fourth-order valence-electron chi connectivity index (χ4n) is 3.86. The molecule has 1 aliphatic heterocycles. The molecule has 0 aliphatic carbocycles. The van der Waals surface area contributed by atoms with Crippen LogP contribution < -0.4 is 10.6 Å². The van der Waals surface area contributed by atoms with E-state index in [1.165, 1.54) is 0 Å². The molecule has 3 N–H and O–H groups in total. The minimum absolute atomic E-state index is 0.00473. The fraction of sp³-hybridized carbons (Fsp3) is 0.200. The molecule has 36 heavy (non-hydrogen) atoms. The van der Waals surface area contributed by atoms with Crippen molar-refractivity contribution >= 4 is 33.4 Å². The number of aromatic nitrogens is 4. The number of benzene rings is 2. The summed E-state index contributed by atoms with van der Waals surface area (Å²) in [6.07, 6.45) is 5.56. The Morgan fingerprint density at radius 2 is 1.97 bits per heavy atom. The molecule has 0 fully saturated rings. The molecule has 0 spiro atoms. The molecule has 184 valence electrons. The van der Waals surface area contributed by atoms with Gasteiger partial charge in [-0.2, -0.15) is 4.98 Å². The maximum absolute atomic E-state index is 12.3. The van der Waals surface area contributed by atoms with E-state index in [-0.39, 0.29) is 24.2 Å². The van der Waals surface area contributed by atoms with E-state index in [1.54, 1.807) is 36.5 Å². The molecule has 0 saturated carbocycles. The summed E-state index contributed by atoms with van der Waals surface area (Å²) < 4.78 is 30.3. The first-order chi connectivity index (χ1) is 17.5. The van der Waals surface area contributed by atoms with Gasteiger partial charge in [-0.15, -0.1) is 10.2 Å². The number of aliphatic hydroxyl groups excluding tert-OH is 1. The van der Waals surface area contributed by atoms with Crippen LogP contribution in [0.5, 0.6) is 0 Å².